The van der Waals surface area contributed by atoms with E-state index in [4.69, 9.17) is 9.76 Å². The minimum Gasteiger partial charge on any atom is -0.537 e. The summed E-state index contributed by atoms with van der Waals surface area (Å²) in [7, 11) is -0.669. The third kappa shape index (κ3) is 4.56. The summed E-state index contributed by atoms with van der Waals surface area (Å²) in [4.78, 5) is 0. The van der Waals surface area contributed by atoms with Crippen LogP contribution in [0.5, 0.6) is 23.0 Å². The van der Waals surface area contributed by atoms with Crippen LogP contribution < -0.4 is 14.1 Å². The van der Waals surface area contributed by atoms with E-state index in [0.717, 1.165) is 18.2 Å². The van der Waals surface area contributed by atoms with Gasteiger partial charge in [-0.3, -0.25) is 0 Å². The number of hydrogen-bond donors (Lipinski definition) is 1. The Morgan fingerprint density at radius 2 is 1.50 bits per heavy atom. The van der Waals surface area contributed by atoms with Gasteiger partial charge in [0.25, 0.3) is 0 Å². The topological polar surface area (TPSA) is 47.9 Å². The summed E-state index contributed by atoms with van der Waals surface area (Å²) < 4.78 is 63.2. The molecule has 0 saturated carbocycles. The zero-order chi connectivity index (χ0) is 16.2. The van der Waals surface area contributed by atoms with Gasteiger partial charge in [0.15, 0.2) is 5.82 Å². The van der Waals surface area contributed by atoms with Crippen molar-refractivity contribution in [1.82, 2.24) is 0 Å². The summed E-state index contributed by atoms with van der Waals surface area (Å²) in [5, 5.41) is 8.54. The van der Waals surface area contributed by atoms with Crippen LogP contribution in [0.25, 0.3) is 0 Å². The summed E-state index contributed by atoms with van der Waals surface area (Å²) in [5.41, 5.74) is 0. The Bertz CT molecular complexity index is 631. The molecule has 116 valence electrons. The van der Waals surface area contributed by atoms with Crippen molar-refractivity contribution in [1.29, 1.82) is 0 Å². The summed E-state index contributed by atoms with van der Waals surface area (Å²) in [6.07, 6.45) is -4.77. The molecule has 0 aromatic heterocycles. The van der Waals surface area contributed by atoms with Gasteiger partial charge in [-0.15, -0.1) is 13.2 Å². The Labute approximate surface area is 123 Å². The van der Waals surface area contributed by atoms with Gasteiger partial charge in [-0.25, -0.2) is 4.39 Å². The second-order valence-corrected chi connectivity index (χ2v) is 3.99. The molecule has 0 spiro atoms. The average molecular weight is 316 g/mol. The van der Waals surface area contributed by atoms with E-state index >= 15 is 0 Å². The van der Waals surface area contributed by atoms with Crippen molar-refractivity contribution in [3.63, 3.8) is 0 Å². The summed E-state index contributed by atoms with van der Waals surface area (Å²) in [6.45, 7) is 0. The highest BCUT2D eigenvalue weighted by Crippen LogP contribution is 2.29. The third-order valence-electron chi connectivity index (χ3n) is 2.42. The molecule has 0 bridgehead atoms. The fourth-order valence-corrected chi connectivity index (χ4v) is 1.58. The second-order valence-electron chi connectivity index (χ2n) is 3.99. The number of hydrogen-bond acceptors (Lipinski definition) is 4. The molecule has 1 N–H and O–H groups in total. The van der Waals surface area contributed by atoms with E-state index in [1.165, 1.54) is 24.3 Å². The van der Waals surface area contributed by atoms with Crippen molar-refractivity contribution in [3.8, 4) is 23.0 Å². The lowest BCUT2D eigenvalue weighted by atomic mass is 10.3. The normalized spacial score (nSPS) is 11.0. The third-order valence-corrected chi connectivity index (χ3v) is 2.42. The van der Waals surface area contributed by atoms with Crippen molar-refractivity contribution >= 4 is 7.69 Å². The van der Waals surface area contributed by atoms with Gasteiger partial charge >= 0.3 is 14.0 Å². The molecular formula is C13H9BF4O4. The molecule has 0 saturated heterocycles. The Balaban J connectivity index is 2.06. The quantitative estimate of drug-likeness (QED) is 0.680. The van der Waals surface area contributed by atoms with Gasteiger partial charge in [-0.1, -0.05) is 0 Å². The van der Waals surface area contributed by atoms with Gasteiger partial charge in [0.1, 0.15) is 23.0 Å². The highest BCUT2D eigenvalue weighted by Gasteiger charge is 2.30. The van der Waals surface area contributed by atoms with E-state index in [2.05, 4.69) is 9.39 Å². The first-order valence-corrected chi connectivity index (χ1v) is 5.94. The van der Waals surface area contributed by atoms with E-state index < -0.39 is 25.6 Å². The van der Waals surface area contributed by atoms with Gasteiger partial charge < -0.3 is 19.2 Å². The molecule has 2 rings (SSSR count). The Morgan fingerprint density at radius 1 is 0.909 bits per heavy atom. The molecule has 0 radical (unpaired) electrons. The maximum Gasteiger partial charge on any atom is 0.573 e. The predicted octanol–water partition coefficient (Wildman–Crippen LogP) is 3.15. The van der Waals surface area contributed by atoms with E-state index in [0.29, 0.717) is 0 Å². The van der Waals surface area contributed by atoms with Crippen LogP contribution in [0.3, 0.4) is 0 Å². The molecule has 0 fully saturated rings. The average Bonchev–Trinajstić information content (AvgIpc) is 2.43. The lowest BCUT2D eigenvalue weighted by Crippen LogP contribution is -2.16. The van der Waals surface area contributed by atoms with Crippen LogP contribution in [-0.4, -0.2) is 19.1 Å². The Morgan fingerprint density at radius 3 is 2.05 bits per heavy atom. The summed E-state index contributed by atoms with van der Waals surface area (Å²) >= 11 is 0. The highest BCUT2D eigenvalue weighted by molar-refractivity contribution is 6.17. The number of halogens is 4. The largest absolute Gasteiger partial charge is 0.573 e. The summed E-state index contributed by atoms with van der Waals surface area (Å²) in [6, 6.07) is 8.29. The maximum absolute atomic E-state index is 13.5. The van der Waals surface area contributed by atoms with Crippen LogP contribution in [0.2, 0.25) is 0 Å². The molecular weight excluding hydrogens is 307 g/mol. The highest BCUT2D eigenvalue weighted by atomic mass is 19.4. The Kier molecular flexibility index (Phi) is 4.76. The number of alkyl halides is 3. The molecule has 4 nitrogen and oxygen atoms in total. The van der Waals surface area contributed by atoms with Crippen LogP contribution >= 0.6 is 0 Å². The molecule has 2 aromatic carbocycles. The van der Waals surface area contributed by atoms with Gasteiger partial charge in [0.2, 0.25) is 0 Å². The monoisotopic (exact) mass is 316 g/mol. The van der Waals surface area contributed by atoms with E-state index in [1.807, 2.05) is 0 Å². The fraction of sp³-hybridized carbons (Fsp3) is 0.0769. The maximum atomic E-state index is 13.5. The standard InChI is InChI=1S/C13H9BF4O4/c15-11-7-10(5-6-12(11)22-14-19)20-8-1-3-9(4-2-8)21-13(16,17)18/h1-7,14,19H. The van der Waals surface area contributed by atoms with Crippen LogP contribution in [0.1, 0.15) is 0 Å². The molecule has 0 amide bonds. The first kappa shape index (κ1) is 16.0. The molecule has 0 unspecified atom stereocenters. The number of benzene rings is 2. The van der Waals surface area contributed by atoms with Gasteiger partial charge in [0.05, 0.1) is 0 Å². The van der Waals surface area contributed by atoms with Crippen molar-refractivity contribution in [3.05, 3.63) is 48.3 Å². The van der Waals surface area contributed by atoms with E-state index in [-0.39, 0.29) is 17.2 Å². The minimum absolute atomic E-state index is 0.118. The molecule has 0 aliphatic heterocycles. The van der Waals surface area contributed by atoms with Crippen LogP contribution in [-0.2, 0) is 0 Å². The van der Waals surface area contributed by atoms with Gasteiger partial charge in [-0.2, -0.15) is 0 Å². The molecule has 0 aliphatic carbocycles. The number of ether oxygens (including phenoxy) is 2. The van der Waals surface area contributed by atoms with Crippen molar-refractivity contribution in [2.75, 3.05) is 0 Å². The smallest absolute Gasteiger partial charge is 0.537 e. The van der Waals surface area contributed by atoms with Crippen LogP contribution in [0, 0.1) is 5.82 Å². The molecule has 9 heteroatoms. The number of rotatable bonds is 5. The van der Waals surface area contributed by atoms with Crippen molar-refractivity contribution in [2.24, 2.45) is 0 Å². The zero-order valence-corrected chi connectivity index (χ0v) is 10.9. The van der Waals surface area contributed by atoms with E-state index in [9.17, 15) is 17.6 Å². The lowest BCUT2D eigenvalue weighted by molar-refractivity contribution is -0.274. The van der Waals surface area contributed by atoms with Gasteiger partial charge in [0, 0.05) is 6.07 Å². The minimum atomic E-state index is -4.77. The summed E-state index contributed by atoms with van der Waals surface area (Å²) in [5.74, 6) is -0.970. The van der Waals surface area contributed by atoms with E-state index in [1.54, 1.807) is 0 Å². The lowest BCUT2D eigenvalue weighted by Gasteiger charge is -2.10. The molecule has 0 heterocycles. The first-order chi connectivity index (χ1) is 10.4. The zero-order valence-electron chi connectivity index (χ0n) is 10.9. The van der Waals surface area contributed by atoms with Crippen LogP contribution in [0.4, 0.5) is 17.6 Å². The molecule has 2 aromatic rings. The molecule has 0 aliphatic rings. The molecule has 0 atom stereocenters. The predicted molar refractivity (Wildman–Crippen MR) is 69.6 cm³/mol. The first-order valence-electron chi connectivity index (χ1n) is 5.94. The molecule has 22 heavy (non-hydrogen) atoms. The van der Waals surface area contributed by atoms with Crippen molar-refractivity contribution < 1.29 is 36.7 Å². The van der Waals surface area contributed by atoms with Crippen molar-refractivity contribution in [2.45, 2.75) is 6.36 Å². The fourth-order valence-electron chi connectivity index (χ4n) is 1.58. The van der Waals surface area contributed by atoms with Gasteiger partial charge in [-0.05, 0) is 36.4 Å². The SMILES string of the molecule is OBOc1ccc(Oc2ccc(OC(F)(F)F)cc2)cc1F. The second kappa shape index (κ2) is 6.57. The Hall–Kier alpha value is -2.42. The van der Waals surface area contributed by atoms with Crippen LogP contribution in [0.15, 0.2) is 42.5 Å².